The average Bonchev–Trinajstić information content (AvgIpc) is 2.34. The summed E-state index contributed by atoms with van der Waals surface area (Å²) in [6, 6.07) is 0. The Labute approximate surface area is 136 Å². The van der Waals surface area contributed by atoms with Gasteiger partial charge in [-0.15, -0.1) is 0 Å². The van der Waals surface area contributed by atoms with Crippen molar-refractivity contribution in [2.75, 3.05) is 6.61 Å². The molecule has 0 amide bonds. The van der Waals surface area contributed by atoms with Crippen molar-refractivity contribution in [1.29, 1.82) is 0 Å². The summed E-state index contributed by atoms with van der Waals surface area (Å²) in [4.78, 5) is 3.00. The zero-order chi connectivity index (χ0) is 17.6. The lowest BCUT2D eigenvalue weighted by Crippen LogP contribution is -2.52. The largest absolute Gasteiger partial charge is 0.411 e. The summed E-state index contributed by atoms with van der Waals surface area (Å²) < 4.78 is 6.33. The molecule has 0 saturated heterocycles. The van der Waals surface area contributed by atoms with E-state index in [0.717, 1.165) is 6.42 Å². The van der Waals surface area contributed by atoms with E-state index in [4.69, 9.17) is 9.96 Å². The molecule has 2 atom stereocenters. The second-order valence-electron chi connectivity index (χ2n) is 7.92. The van der Waals surface area contributed by atoms with Crippen LogP contribution >= 0.6 is 0 Å². The van der Waals surface area contributed by atoms with Crippen molar-refractivity contribution >= 4 is 8.32 Å². The van der Waals surface area contributed by atoms with Crippen LogP contribution in [0.4, 0.5) is 0 Å². The molecule has 5 nitrogen and oxygen atoms in total. The lowest BCUT2D eigenvalue weighted by molar-refractivity contribution is 0.0436. The minimum atomic E-state index is -2.05. The van der Waals surface area contributed by atoms with Gasteiger partial charge < -0.3 is 9.53 Å². The Kier molecular flexibility index (Phi) is 7.85. The monoisotopic (exact) mass is 327 g/mol. The van der Waals surface area contributed by atoms with Crippen molar-refractivity contribution in [3.8, 4) is 0 Å². The van der Waals surface area contributed by atoms with E-state index in [0.29, 0.717) is 6.42 Å². The van der Waals surface area contributed by atoms with Gasteiger partial charge in [0.2, 0.25) is 0 Å². The Morgan fingerprint density at radius 1 is 1.32 bits per heavy atom. The molecule has 0 rings (SSSR count). The van der Waals surface area contributed by atoms with E-state index in [1.54, 1.807) is 0 Å². The first kappa shape index (κ1) is 21.2. The van der Waals surface area contributed by atoms with Crippen molar-refractivity contribution < 1.29 is 9.53 Å². The third-order valence-electron chi connectivity index (χ3n) is 4.58. The number of hydrogen-bond donors (Lipinski definition) is 1. The van der Waals surface area contributed by atoms with Crippen LogP contribution < -0.4 is 0 Å². The molecule has 0 aliphatic heterocycles. The van der Waals surface area contributed by atoms with Crippen LogP contribution in [0, 0.1) is 0 Å². The minimum absolute atomic E-state index is 0.0393. The highest BCUT2D eigenvalue weighted by atomic mass is 28.4. The van der Waals surface area contributed by atoms with Crippen molar-refractivity contribution in [2.45, 2.75) is 84.2 Å². The zero-order valence-corrected chi connectivity index (χ0v) is 16.5. The van der Waals surface area contributed by atoms with Crippen LogP contribution in [-0.4, -0.2) is 31.7 Å². The van der Waals surface area contributed by atoms with Crippen molar-refractivity contribution in [3.05, 3.63) is 22.1 Å². The molecule has 0 bridgehead atoms. The fourth-order valence-corrected chi connectivity index (χ4v) is 3.32. The predicted molar refractivity (Wildman–Crippen MR) is 95.4 cm³/mol. The van der Waals surface area contributed by atoms with Gasteiger partial charge in [-0.2, -0.15) is 0 Å². The van der Waals surface area contributed by atoms with Gasteiger partial charge in [0.25, 0.3) is 0 Å². The number of hydrogen-bond acceptors (Lipinski definition) is 3. The number of azide groups is 1. The summed E-state index contributed by atoms with van der Waals surface area (Å²) >= 11 is 0. The maximum atomic E-state index is 9.82. The number of aliphatic hydroxyl groups excluding tert-OH is 1. The Hall–Kier alpha value is -0.813. The van der Waals surface area contributed by atoms with Gasteiger partial charge in [0.1, 0.15) is 0 Å². The summed E-state index contributed by atoms with van der Waals surface area (Å²) in [7, 11) is -2.05. The molecule has 0 fully saturated rings. The topological polar surface area (TPSA) is 78.2 Å². The molecule has 0 aliphatic carbocycles. The van der Waals surface area contributed by atoms with Crippen molar-refractivity contribution in [2.24, 2.45) is 5.11 Å². The molecular weight excluding hydrogens is 294 g/mol. The molecule has 0 aliphatic rings. The Morgan fingerprint density at radius 2 is 1.86 bits per heavy atom. The molecule has 128 valence electrons. The predicted octanol–water partition coefficient (Wildman–Crippen LogP) is 5.18. The van der Waals surface area contributed by atoms with Gasteiger partial charge >= 0.3 is 0 Å². The molecule has 0 aromatic heterocycles. The molecule has 0 saturated carbocycles. The van der Waals surface area contributed by atoms with E-state index in [9.17, 15) is 5.11 Å². The highest BCUT2D eigenvalue weighted by molar-refractivity contribution is 6.74. The SMILES string of the molecule is CC(C)=CCC[C@@](C)(N=[N+]=[N-])[C@@H](CO)O[Si](C)(C)C(C)(C)C. The first-order valence-corrected chi connectivity index (χ1v) is 10.8. The van der Waals surface area contributed by atoms with Crippen LogP contribution in [0.15, 0.2) is 16.8 Å². The third-order valence-corrected chi connectivity index (χ3v) is 9.06. The van der Waals surface area contributed by atoms with Gasteiger partial charge in [0.15, 0.2) is 8.32 Å². The Bertz CT molecular complexity index is 433. The molecule has 0 unspecified atom stereocenters. The molecule has 0 aromatic carbocycles. The van der Waals surface area contributed by atoms with E-state index in [1.807, 2.05) is 20.8 Å². The average molecular weight is 328 g/mol. The van der Waals surface area contributed by atoms with Crippen LogP contribution in [0.2, 0.25) is 18.1 Å². The lowest BCUT2D eigenvalue weighted by Gasteiger charge is -2.43. The normalized spacial score (nSPS) is 16.4. The standard InChI is InChI=1S/C16H33N3O2Si/c1-13(2)10-9-11-16(6,18-19-17)14(12-20)21-22(7,8)15(3,4)5/h10,14,20H,9,11-12H2,1-8H3/t14-,16-/m1/s1. The van der Waals surface area contributed by atoms with Gasteiger partial charge in [-0.25, -0.2) is 0 Å². The van der Waals surface area contributed by atoms with Crippen LogP contribution in [0.1, 0.15) is 54.4 Å². The van der Waals surface area contributed by atoms with E-state index >= 15 is 0 Å². The summed E-state index contributed by atoms with van der Waals surface area (Å²) in [6.45, 7) is 16.6. The summed E-state index contributed by atoms with van der Waals surface area (Å²) in [5, 5.41) is 13.8. The molecule has 0 spiro atoms. The summed E-state index contributed by atoms with van der Waals surface area (Å²) in [6.07, 6.45) is 3.10. The smallest absolute Gasteiger partial charge is 0.192 e. The molecule has 1 N–H and O–H groups in total. The lowest BCUT2D eigenvalue weighted by atomic mass is 9.90. The van der Waals surface area contributed by atoms with Gasteiger partial charge in [-0.05, 0) is 50.4 Å². The van der Waals surface area contributed by atoms with Crippen LogP contribution in [-0.2, 0) is 4.43 Å². The van der Waals surface area contributed by atoms with E-state index in [-0.39, 0.29) is 11.6 Å². The molecule has 0 radical (unpaired) electrons. The summed E-state index contributed by atoms with van der Waals surface area (Å²) in [5.41, 5.74) is 9.42. The second kappa shape index (κ2) is 8.16. The molecule has 6 heteroatoms. The number of nitrogens with zero attached hydrogens (tertiary/aromatic N) is 3. The maximum Gasteiger partial charge on any atom is 0.192 e. The first-order valence-electron chi connectivity index (χ1n) is 7.88. The molecule has 0 aromatic rings. The Morgan fingerprint density at radius 3 is 2.23 bits per heavy atom. The molecular formula is C16H33N3O2Si. The molecule has 22 heavy (non-hydrogen) atoms. The fourth-order valence-electron chi connectivity index (χ4n) is 1.92. The number of aliphatic hydroxyl groups is 1. The van der Waals surface area contributed by atoms with Crippen molar-refractivity contribution in [3.63, 3.8) is 0 Å². The maximum absolute atomic E-state index is 9.82. The Balaban J connectivity index is 5.33. The zero-order valence-electron chi connectivity index (χ0n) is 15.5. The van der Waals surface area contributed by atoms with E-state index in [2.05, 4.69) is 50.0 Å². The third kappa shape index (κ3) is 6.13. The van der Waals surface area contributed by atoms with E-state index < -0.39 is 20.0 Å². The van der Waals surface area contributed by atoms with Crippen molar-refractivity contribution in [1.82, 2.24) is 0 Å². The quantitative estimate of drug-likeness (QED) is 0.219. The number of allylic oxidation sites excluding steroid dienone is 2. The highest BCUT2D eigenvalue weighted by Crippen LogP contribution is 2.39. The van der Waals surface area contributed by atoms with Gasteiger partial charge in [-0.1, -0.05) is 44.5 Å². The second-order valence-corrected chi connectivity index (χ2v) is 12.7. The number of rotatable bonds is 8. The summed E-state index contributed by atoms with van der Waals surface area (Å²) in [5.74, 6) is 0. The van der Waals surface area contributed by atoms with E-state index in [1.165, 1.54) is 5.57 Å². The first-order chi connectivity index (χ1) is 9.89. The molecule has 0 heterocycles. The highest BCUT2D eigenvalue weighted by Gasteiger charge is 2.43. The van der Waals surface area contributed by atoms with Crippen LogP contribution in [0.5, 0.6) is 0 Å². The fraction of sp³-hybridized carbons (Fsp3) is 0.875. The van der Waals surface area contributed by atoms with Crippen LogP contribution in [0.3, 0.4) is 0 Å². The van der Waals surface area contributed by atoms with Gasteiger partial charge in [0.05, 0.1) is 18.2 Å². The van der Waals surface area contributed by atoms with Gasteiger partial charge in [0, 0.05) is 4.91 Å². The van der Waals surface area contributed by atoms with Gasteiger partial charge in [-0.3, -0.25) is 0 Å². The van der Waals surface area contributed by atoms with Crippen LogP contribution in [0.25, 0.3) is 10.4 Å². The minimum Gasteiger partial charge on any atom is -0.411 e.